The van der Waals surface area contributed by atoms with Crippen LogP contribution < -0.4 is 5.32 Å². The Morgan fingerprint density at radius 1 is 0.969 bits per heavy atom. The zero-order valence-electron chi connectivity index (χ0n) is 16.3. The highest BCUT2D eigenvalue weighted by Gasteiger charge is 2.45. The number of hydrogen-bond acceptors (Lipinski definition) is 2. The van der Waals surface area contributed by atoms with E-state index in [0.29, 0.717) is 16.8 Å². The highest BCUT2D eigenvalue weighted by Crippen LogP contribution is 2.52. The van der Waals surface area contributed by atoms with E-state index in [0.717, 1.165) is 5.56 Å². The molecule has 0 bridgehead atoms. The fraction of sp³-hybridized carbons (Fsp3) is 0.125. The molecule has 1 aliphatic carbocycles. The second-order valence-corrected chi connectivity index (χ2v) is 8.68. The SMILES string of the molecule is FC(F)(F)c1c2c(c(-c3ccccc3)c3nc4cc(Cl)c(Cl)cc4n13)NC1C=CC=CC21. The molecule has 0 spiro atoms. The molecule has 0 amide bonds. The van der Waals surface area contributed by atoms with Crippen LogP contribution in [0.1, 0.15) is 17.2 Å². The number of aromatic nitrogens is 2. The number of halogens is 5. The molecule has 1 aliphatic heterocycles. The third-order valence-corrected chi connectivity index (χ3v) is 6.75. The normalized spacial score (nSPS) is 19.4. The van der Waals surface area contributed by atoms with Crippen molar-refractivity contribution in [1.82, 2.24) is 9.38 Å². The zero-order chi connectivity index (χ0) is 22.2. The van der Waals surface area contributed by atoms with Crippen LogP contribution in [-0.4, -0.2) is 15.4 Å². The average molecular weight is 472 g/mol. The molecule has 2 aliphatic rings. The highest BCUT2D eigenvalue weighted by atomic mass is 35.5. The number of hydrogen-bond donors (Lipinski definition) is 1. The lowest BCUT2D eigenvalue weighted by molar-refractivity contribution is -0.142. The first-order chi connectivity index (χ1) is 15.3. The lowest BCUT2D eigenvalue weighted by Gasteiger charge is -2.21. The monoisotopic (exact) mass is 471 g/mol. The second kappa shape index (κ2) is 6.77. The van der Waals surface area contributed by atoms with E-state index in [-0.39, 0.29) is 32.8 Å². The number of pyridine rings is 1. The van der Waals surface area contributed by atoms with Crippen molar-refractivity contribution in [1.29, 1.82) is 0 Å². The van der Waals surface area contributed by atoms with Crippen LogP contribution in [0.2, 0.25) is 10.0 Å². The van der Waals surface area contributed by atoms with E-state index in [4.69, 9.17) is 23.2 Å². The lowest BCUT2D eigenvalue weighted by Crippen LogP contribution is -2.20. The molecule has 32 heavy (non-hydrogen) atoms. The Morgan fingerprint density at radius 3 is 2.44 bits per heavy atom. The van der Waals surface area contributed by atoms with Crippen molar-refractivity contribution in [2.45, 2.75) is 18.1 Å². The maximum atomic E-state index is 14.7. The Bertz CT molecular complexity index is 1470. The van der Waals surface area contributed by atoms with E-state index in [1.54, 1.807) is 6.08 Å². The van der Waals surface area contributed by atoms with Crippen LogP contribution in [0.25, 0.3) is 27.8 Å². The number of alkyl halides is 3. The van der Waals surface area contributed by atoms with E-state index in [2.05, 4.69) is 10.3 Å². The van der Waals surface area contributed by atoms with Crippen molar-refractivity contribution in [3.63, 3.8) is 0 Å². The van der Waals surface area contributed by atoms with E-state index in [1.807, 2.05) is 48.6 Å². The predicted molar refractivity (Wildman–Crippen MR) is 122 cm³/mol. The number of rotatable bonds is 1. The molecule has 3 nitrogen and oxygen atoms in total. The molecule has 6 rings (SSSR count). The summed E-state index contributed by atoms with van der Waals surface area (Å²) in [4.78, 5) is 4.61. The van der Waals surface area contributed by atoms with Gasteiger partial charge in [0.15, 0.2) is 0 Å². The molecular weight excluding hydrogens is 458 g/mol. The maximum absolute atomic E-state index is 14.7. The van der Waals surface area contributed by atoms with Crippen LogP contribution in [-0.2, 0) is 6.18 Å². The van der Waals surface area contributed by atoms with Gasteiger partial charge >= 0.3 is 6.18 Å². The predicted octanol–water partition coefficient (Wildman–Crippen LogP) is 7.48. The summed E-state index contributed by atoms with van der Waals surface area (Å²) in [5, 5.41) is 3.74. The molecule has 0 radical (unpaired) electrons. The molecule has 160 valence electrons. The van der Waals surface area contributed by atoms with Gasteiger partial charge in [0, 0.05) is 17.0 Å². The van der Waals surface area contributed by atoms with Crippen molar-refractivity contribution in [3.05, 3.63) is 88.1 Å². The number of nitrogens with one attached hydrogen (secondary N) is 1. The van der Waals surface area contributed by atoms with Crippen LogP contribution in [0.5, 0.6) is 0 Å². The van der Waals surface area contributed by atoms with E-state index < -0.39 is 17.8 Å². The molecule has 0 saturated carbocycles. The Labute approximate surface area is 190 Å². The van der Waals surface area contributed by atoms with E-state index in [1.165, 1.54) is 16.5 Å². The first kappa shape index (κ1) is 19.7. The number of fused-ring (bicyclic) bond motifs is 6. The minimum Gasteiger partial charge on any atom is -0.377 e. The fourth-order valence-corrected chi connectivity index (χ4v) is 5.09. The van der Waals surface area contributed by atoms with Gasteiger partial charge in [-0.3, -0.25) is 4.40 Å². The molecule has 1 N–H and O–H groups in total. The Balaban J connectivity index is 1.86. The van der Waals surface area contributed by atoms with Crippen molar-refractivity contribution in [2.24, 2.45) is 0 Å². The number of allylic oxidation sites excluding steroid dienone is 2. The summed E-state index contributed by atoms with van der Waals surface area (Å²) in [6.45, 7) is 0. The van der Waals surface area contributed by atoms with Gasteiger partial charge in [0.2, 0.25) is 0 Å². The van der Waals surface area contributed by atoms with Crippen LogP contribution in [0, 0.1) is 0 Å². The number of anilines is 1. The standard InChI is InChI=1S/C24H14Cl2F3N3/c25-14-10-17-18(11-15(14)26)32-22(24(27,28)29)20-13-8-4-5-9-16(13)30-21(20)19(23(32)31-17)12-6-2-1-3-7-12/h1-11,13,16,30H. The van der Waals surface area contributed by atoms with Crippen molar-refractivity contribution < 1.29 is 13.2 Å². The average Bonchev–Trinajstić information content (AvgIpc) is 3.30. The summed E-state index contributed by atoms with van der Waals surface area (Å²) in [6.07, 6.45) is 2.70. The van der Waals surface area contributed by atoms with Crippen LogP contribution in [0.4, 0.5) is 18.9 Å². The van der Waals surface area contributed by atoms with Gasteiger partial charge in [0.05, 0.1) is 32.8 Å². The molecule has 2 unspecified atom stereocenters. The first-order valence-electron chi connectivity index (χ1n) is 9.96. The van der Waals surface area contributed by atoms with Gasteiger partial charge in [0.1, 0.15) is 11.3 Å². The second-order valence-electron chi connectivity index (χ2n) is 7.87. The van der Waals surface area contributed by atoms with Gasteiger partial charge in [-0.25, -0.2) is 4.98 Å². The van der Waals surface area contributed by atoms with E-state index >= 15 is 0 Å². The summed E-state index contributed by atoms with van der Waals surface area (Å²) in [6, 6.07) is 12.0. The van der Waals surface area contributed by atoms with Crippen molar-refractivity contribution >= 4 is 45.6 Å². The van der Waals surface area contributed by atoms with Crippen LogP contribution in [0.15, 0.2) is 66.8 Å². The third-order valence-electron chi connectivity index (χ3n) is 6.03. The molecular formula is C24H14Cl2F3N3. The molecule has 0 fully saturated rings. The van der Waals surface area contributed by atoms with Gasteiger partial charge in [-0.15, -0.1) is 0 Å². The van der Waals surface area contributed by atoms with Crippen LogP contribution >= 0.6 is 23.2 Å². The largest absolute Gasteiger partial charge is 0.432 e. The zero-order valence-corrected chi connectivity index (χ0v) is 17.8. The minimum absolute atomic E-state index is 0.173. The first-order valence-corrected chi connectivity index (χ1v) is 10.7. The van der Waals surface area contributed by atoms with Gasteiger partial charge in [-0.1, -0.05) is 77.8 Å². The molecule has 2 atom stereocenters. The molecule has 4 aromatic rings. The minimum atomic E-state index is -4.62. The third kappa shape index (κ3) is 2.72. The molecule has 8 heteroatoms. The summed E-state index contributed by atoms with van der Waals surface area (Å²) in [7, 11) is 0. The molecule has 2 aromatic carbocycles. The lowest BCUT2D eigenvalue weighted by atomic mass is 9.88. The Kier molecular flexibility index (Phi) is 4.17. The summed E-state index contributed by atoms with van der Waals surface area (Å²) >= 11 is 12.4. The van der Waals surface area contributed by atoms with Crippen molar-refractivity contribution in [3.8, 4) is 11.1 Å². The van der Waals surface area contributed by atoms with Gasteiger partial charge in [0.25, 0.3) is 0 Å². The highest BCUT2D eigenvalue weighted by molar-refractivity contribution is 6.42. The Hall–Kier alpha value is -2.96. The summed E-state index contributed by atoms with van der Waals surface area (Å²) < 4.78 is 45.2. The summed E-state index contributed by atoms with van der Waals surface area (Å²) in [5.41, 5.74) is 2.12. The molecule has 3 heterocycles. The number of benzene rings is 2. The van der Waals surface area contributed by atoms with E-state index in [9.17, 15) is 13.2 Å². The molecule has 0 saturated heterocycles. The van der Waals surface area contributed by atoms with Crippen molar-refractivity contribution in [2.75, 3.05) is 5.32 Å². The van der Waals surface area contributed by atoms with Gasteiger partial charge in [-0.05, 0) is 17.7 Å². The van der Waals surface area contributed by atoms with Gasteiger partial charge in [-0.2, -0.15) is 13.2 Å². The quantitative estimate of drug-likeness (QED) is 0.311. The topological polar surface area (TPSA) is 29.3 Å². The summed E-state index contributed by atoms with van der Waals surface area (Å²) in [5.74, 6) is -0.460. The number of imidazole rings is 1. The molecule has 2 aromatic heterocycles. The Morgan fingerprint density at radius 2 is 1.69 bits per heavy atom. The van der Waals surface area contributed by atoms with Gasteiger partial charge < -0.3 is 5.32 Å². The maximum Gasteiger partial charge on any atom is 0.432 e. The van der Waals surface area contributed by atoms with Crippen LogP contribution in [0.3, 0.4) is 0 Å². The smallest absolute Gasteiger partial charge is 0.377 e. The number of nitrogens with zero attached hydrogens (tertiary/aromatic N) is 2. The fourth-order valence-electron chi connectivity index (χ4n) is 4.77.